The Labute approximate surface area is 429 Å². The Hall–Kier alpha value is -3.85. The first-order chi connectivity index (χ1) is 34.8. The van der Waals surface area contributed by atoms with Gasteiger partial charge in [0.2, 0.25) is 0 Å². The first kappa shape index (κ1) is 55.4. The summed E-state index contributed by atoms with van der Waals surface area (Å²) in [6.45, 7) is 15.9. The van der Waals surface area contributed by atoms with Crippen LogP contribution in [0, 0.1) is 23.7 Å². The molecule has 0 unspecified atom stereocenters. The molecule has 6 heterocycles. The number of carbonyl (C=O) groups is 3. The van der Waals surface area contributed by atoms with Crippen molar-refractivity contribution in [2.45, 2.75) is 204 Å². The number of fused-ring (bicyclic) bond motifs is 2. The normalized spacial score (nSPS) is 43.5. The van der Waals surface area contributed by atoms with E-state index in [-0.39, 0.29) is 35.7 Å². The van der Waals surface area contributed by atoms with Gasteiger partial charge in [-0.2, -0.15) is 0 Å². The Morgan fingerprint density at radius 1 is 0.890 bits per heavy atom. The van der Waals surface area contributed by atoms with Crippen molar-refractivity contribution in [3.8, 4) is 0 Å². The average Bonchev–Trinajstić information content (AvgIpc) is 3.70. The van der Waals surface area contributed by atoms with Gasteiger partial charge in [-0.15, -0.1) is 0 Å². The van der Waals surface area contributed by atoms with E-state index in [1.54, 1.807) is 52.4 Å². The van der Waals surface area contributed by atoms with Crippen LogP contribution < -0.4 is 0 Å². The number of rotatable bonds is 11. The van der Waals surface area contributed by atoms with Gasteiger partial charge in [-0.05, 0) is 81.2 Å². The zero-order valence-electron chi connectivity index (χ0n) is 44.0. The van der Waals surface area contributed by atoms with E-state index in [4.69, 9.17) is 52.1 Å². The van der Waals surface area contributed by atoms with Gasteiger partial charge < -0.3 is 67.4 Å². The molecule has 1 spiro atoms. The van der Waals surface area contributed by atoms with Crippen LogP contribution in [-0.2, 0) is 56.9 Å². The van der Waals surface area contributed by atoms with E-state index in [0.29, 0.717) is 55.6 Å². The van der Waals surface area contributed by atoms with Gasteiger partial charge in [-0.1, -0.05) is 76.6 Å². The molecule has 20 atom stereocenters. The number of carboxylic acid groups (broad SMARTS) is 1. The molecule has 3 N–H and O–H groups in total. The van der Waals surface area contributed by atoms with Gasteiger partial charge in [0.15, 0.2) is 24.5 Å². The van der Waals surface area contributed by atoms with Crippen molar-refractivity contribution < 1.29 is 81.8 Å². The number of ether oxygens (including phenoxy) is 11. The Bertz CT molecular complexity index is 2250. The van der Waals surface area contributed by atoms with Crippen molar-refractivity contribution in [1.82, 2.24) is 0 Å². The zero-order chi connectivity index (χ0) is 52.5. The second-order valence-corrected chi connectivity index (χ2v) is 21.6. The van der Waals surface area contributed by atoms with Crippen LogP contribution in [0.2, 0.25) is 0 Å². The lowest BCUT2D eigenvalue weighted by Crippen LogP contribution is -2.59. The fourth-order valence-corrected chi connectivity index (χ4v) is 12.1. The minimum Gasteiger partial charge on any atom is -0.478 e. The van der Waals surface area contributed by atoms with Crippen molar-refractivity contribution in [1.29, 1.82) is 0 Å². The van der Waals surface area contributed by atoms with Crippen LogP contribution in [0.3, 0.4) is 0 Å². The van der Waals surface area contributed by atoms with Gasteiger partial charge in [0.05, 0.1) is 60.5 Å². The molecule has 17 heteroatoms. The van der Waals surface area contributed by atoms with Gasteiger partial charge in [0.1, 0.15) is 35.9 Å². The topological polar surface area (TPSA) is 213 Å². The number of hydrogen-bond donors (Lipinski definition) is 3. The summed E-state index contributed by atoms with van der Waals surface area (Å²) in [5.74, 6) is -4.90. The predicted octanol–water partition coefficient (Wildman–Crippen LogP) is 7.16. The maximum Gasteiger partial charge on any atom is 0.339 e. The molecular weight excluding hydrogens is 945 g/mol. The molecule has 1 aromatic rings. The number of carboxylic acids is 1. The smallest absolute Gasteiger partial charge is 0.339 e. The van der Waals surface area contributed by atoms with Crippen molar-refractivity contribution in [2.24, 2.45) is 23.7 Å². The molecule has 0 aromatic heterocycles. The zero-order valence-corrected chi connectivity index (χ0v) is 44.0. The predicted molar refractivity (Wildman–Crippen MR) is 264 cm³/mol. The fraction of sp³-hybridized carbons (Fsp3) is 0.696. The molecule has 73 heavy (non-hydrogen) atoms. The Morgan fingerprint density at radius 3 is 2.30 bits per heavy atom. The maximum atomic E-state index is 14.8. The van der Waals surface area contributed by atoms with Gasteiger partial charge in [0.25, 0.3) is 0 Å². The van der Waals surface area contributed by atoms with Crippen molar-refractivity contribution >= 4 is 17.9 Å². The highest BCUT2D eigenvalue weighted by Gasteiger charge is 2.61. The first-order valence-electron chi connectivity index (χ1n) is 26.3. The van der Waals surface area contributed by atoms with Gasteiger partial charge in [0, 0.05) is 52.2 Å². The molecule has 1 aromatic carbocycles. The lowest BCUT2D eigenvalue weighted by Gasteiger charge is -2.51. The third kappa shape index (κ3) is 11.6. The quantitative estimate of drug-likeness (QED) is 0.148. The number of hydrogen-bond acceptors (Lipinski definition) is 16. The summed E-state index contributed by atoms with van der Waals surface area (Å²) in [7, 11) is 3.19. The van der Waals surface area contributed by atoms with Crippen molar-refractivity contribution in [2.75, 3.05) is 20.8 Å². The highest BCUT2D eigenvalue weighted by molar-refractivity contribution is 6.02. The van der Waals surface area contributed by atoms with Crippen molar-refractivity contribution in [3.63, 3.8) is 0 Å². The highest BCUT2D eigenvalue weighted by atomic mass is 16.7. The van der Waals surface area contributed by atoms with Crippen LogP contribution in [0.15, 0.2) is 71.4 Å². The Balaban J connectivity index is 1.12. The lowest BCUT2D eigenvalue weighted by atomic mass is 9.70. The van der Waals surface area contributed by atoms with Crippen LogP contribution in [0.5, 0.6) is 0 Å². The van der Waals surface area contributed by atoms with E-state index >= 15 is 0 Å². The Kier molecular flexibility index (Phi) is 17.6. The molecule has 6 aliphatic heterocycles. The summed E-state index contributed by atoms with van der Waals surface area (Å²) >= 11 is 0. The molecule has 0 amide bonds. The van der Waals surface area contributed by atoms with E-state index < -0.39 is 115 Å². The number of allylic oxidation sites excluding steroid dienone is 2. The largest absolute Gasteiger partial charge is 0.478 e. The third-order valence-corrected chi connectivity index (χ3v) is 16.5. The van der Waals surface area contributed by atoms with Gasteiger partial charge in [-0.25, -0.2) is 9.59 Å². The molecule has 17 nitrogen and oxygen atoms in total. The molecular formula is C56H78O17. The SMILES string of the molecule is CC[C@H](C)[C@H]1O[C@]2(CC[C@@H]1C)C[C@@H]1C[C@@H](C/C=C(\C)[C@@H](O[C@H]3C[C@H](OC)[C@@H](O[C@H]4C[C@H](OC)[C@@H](O)[C@H](C)O4)[C@H](C)O3)[C@@H](C)/C=C/C=C3\CO[C@@H]4[C@H](OC(=O)c5ccccc5C(=O)O)C(C)=C[C@@H](C(=O)O1)[C@]34O)O2. The molecule has 1 aliphatic carbocycles. The van der Waals surface area contributed by atoms with Crippen LogP contribution in [0.1, 0.15) is 127 Å². The third-order valence-electron chi connectivity index (χ3n) is 16.5. The standard InChI is InChI=1S/C56H78O17/c1-11-29(2)48-32(5)21-22-55(73-48)27-38-24-37(72-55)20-19-31(4)47(69-45-26-43(64-10)50(35(8)67-45)70-44-25-42(63-9)46(57)34(7)66-44)30(3)15-14-16-36-28-65-51-49(33(6)23-41(54(61)68-38)56(36,51)62)71-53(60)40-18-13-12-17-39(40)52(58)59/h12-19,23,29-30,32,34-35,37-38,41-51,57,62H,11,20-22,24-28H2,1-10H3,(H,58,59)/b15-14+,31-19+,36-16+/t29-,30-,32-,34-,35-,37+,38-,41-,42-,43-,44-,45-,46-,47-,48+,49+,50-,51+,55+,56+/m0/s1. The molecule has 2 bridgehead atoms. The summed E-state index contributed by atoms with van der Waals surface area (Å²) in [4.78, 5) is 40.7. The van der Waals surface area contributed by atoms with Crippen LogP contribution >= 0.6 is 0 Å². The van der Waals surface area contributed by atoms with Crippen LogP contribution in [0.4, 0.5) is 0 Å². The number of esters is 2. The average molecular weight is 1020 g/mol. The number of benzene rings is 1. The number of aromatic carboxylic acids is 1. The van der Waals surface area contributed by atoms with E-state index in [9.17, 15) is 29.7 Å². The van der Waals surface area contributed by atoms with Crippen LogP contribution in [0.25, 0.3) is 0 Å². The number of methoxy groups -OCH3 is 2. The second-order valence-electron chi connectivity index (χ2n) is 21.6. The minimum atomic E-state index is -2.05. The highest BCUT2D eigenvalue weighted by Crippen LogP contribution is 2.49. The fourth-order valence-electron chi connectivity index (χ4n) is 12.1. The summed E-state index contributed by atoms with van der Waals surface area (Å²) < 4.78 is 70.6. The first-order valence-corrected chi connectivity index (χ1v) is 26.3. The molecule has 0 saturated carbocycles. The summed E-state index contributed by atoms with van der Waals surface area (Å²) in [5.41, 5.74) is -0.729. The lowest BCUT2D eigenvalue weighted by molar-refractivity contribution is -0.340. The molecule has 404 valence electrons. The summed E-state index contributed by atoms with van der Waals surface area (Å²) in [6.07, 6.45) is 4.79. The van der Waals surface area contributed by atoms with E-state index in [0.717, 1.165) is 18.4 Å². The minimum absolute atomic E-state index is 0.0713. The molecule has 8 rings (SSSR count). The molecule has 5 saturated heterocycles. The molecule has 0 radical (unpaired) electrons. The summed E-state index contributed by atoms with van der Waals surface area (Å²) in [5, 5.41) is 33.6. The van der Waals surface area contributed by atoms with Gasteiger partial charge >= 0.3 is 17.9 Å². The Morgan fingerprint density at radius 2 is 1.59 bits per heavy atom. The molecule has 5 fully saturated rings. The molecule has 7 aliphatic rings. The van der Waals surface area contributed by atoms with Crippen molar-refractivity contribution in [3.05, 3.63) is 82.5 Å². The maximum absolute atomic E-state index is 14.8. The van der Waals surface area contributed by atoms with E-state index in [2.05, 4.69) is 26.8 Å². The number of carbonyl (C=O) groups excluding carboxylic acids is 2. The van der Waals surface area contributed by atoms with Gasteiger partial charge in [-0.3, -0.25) is 4.79 Å². The van der Waals surface area contributed by atoms with Crippen LogP contribution in [-0.4, -0.2) is 151 Å². The van der Waals surface area contributed by atoms with E-state index in [1.165, 1.54) is 18.2 Å². The monoisotopic (exact) mass is 1020 g/mol. The number of aliphatic hydroxyl groups is 2. The second kappa shape index (κ2) is 23.2. The van der Waals surface area contributed by atoms with E-state index in [1.807, 2.05) is 26.8 Å². The summed E-state index contributed by atoms with van der Waals surface area (Å²) in [6, 6.07) is 5.74. The number of aliphatic hydroxyl groups excluding tert-OH is 1.